The first-order valence-electron chi connectivity index (χ1n) is 7.98. The second kappa shape index (κ2) is 7.12. The van der Waals surface area contributed by atoms with E-state index in [-0.39, 0.29) is 10.6 Å². The van der Waals surface area contributed by atoms with E-state index in [1.807, 2.05) is 13.0 Å². The average Bonchev–Trinajstić information content (AvgIpc) is 2.63. The number of hydrogen-bond acceptors (Lipinski definition) is 5. The molecular formula is C18H20N4O2. The van der Waals surface area contributed by atoms with Crippen LogP contribution < -0.4 is 4.90 Å². The maximum atomic E-state index is 10.7. The van der Waals surface area contributed by atoms with Crippen LogP contribution in [0.5, 0.6) is 0 Å². The fraction of sp³-hybridized carbons (Fsp3) is 0.278. The Labute approximate surface area is 141 Å². The van der Waals surface area contributed by atoms with Crippen molar-refractivity contribution in [1.29, 1.82) is 0 Å². The van der Waals surface area contributed by atoms with Crippen LogP contribution in [0.1, 0.15) is 12.5 Å². The molecule has 1 saturated heterocycles. The van der Waals surface area contributed by atoms with Gasteiger partial charge in [0, 0.05) is 30.9 Å². The highest BCUT2D eigenvalue weighted by molar-refractivity contribution is 5.98. The molecule has 0 spiro atoms. The van der Waals surface area contributed by atoms with Gasteiger partial charge in [-0.15, -0.1) is 0 Å². The maximum absolute atomic E-state index is 10.7. The van der Waals surface area contributed by atoms with Gasteiger partial charge in [0.2, 0.25) is 0 Å². The standard InChI is InChI=1S/C18H20N4O2/c1-15(16-7-9-18(10-8-16)22(23)24)19-21-13-11-20(12-14-21)17-5-3-2-4-6-17/h2-10H,11-14H2,1H3/b19-15+. The smallest absolute Gasteiger partial charge is 0.269 e. The first kappa shape index (κ1) is 16.0. The van der Waals surface area contributed by atoms with E-state index >= 15 is 0 Å². The molecule has 0 unspecified atom stereocenters. The molecule has 1 heterocycles. The molecular weight excluding hydrogens is 304 g/mol. The summed E-state index contributed by atoms with van der Waals surface area (Å²) >= 11 is 0. The Morgan fingerprint density at radius 1 is 1.00 bits per heavy atom. The summed E-state index contributed by atoms with van der Waals surface area (Å²) in [4.78, 5) is 12.7. The molecule has 0 atom stereocenters. The molecule has 2 aromatic carbocycles. The first-order valence-corrected chi connectivity index (χ1v) is 7.98. The number of nitro benzene ring substituents is 1. The zero-order chi connectivity index (χ0) is 16.9. The Morgan fingerprint density at radius 3 is 2.21 bits per heavy atom. The van der Waals surface area contributed by atoms with E-state index < -0.39 is 0 Å². The van der Waals surface area contributed by atoms with E-state index in [4.69, 9.17) is 0 Å². The number of nitrogens with zero attached hydrogens (tertiary/aromatic N) is 4. The average molecular weight is 324 g/mol. The van der Waals surface area contributed by atoms with Crippen molar-refractivity contribution in [2.75, 3.05) is 31.1 Å². The topological polar surface area (TPSA) is 62.0 Å². The zero-order valence-corrected chi connectivity index (χ0v) is 13.6. The van der Waals surface area contributed by atoms with Crippen LogP contribution in [0.2, 0.25) is 0 Å². The van der Waals surface area contributed by atoms with E-state index in [1.54, 1.807) is 12.1 Å². The van der Waals surface area contributed by atoms with Gasteiger partial charge in [0.25, 0.3) is 5.69 Å². The first-order chi connectivity index (χ1) is 11.6. The van der Waals surface area contributed by atoms with Crippen LogP contribution in [0.15, 0.2) is 59.7 Å². The fourth-order valence-electron chi connectivity index (χ4n) is 2.79. The summed E-state index contributed by atoms with van der Waals surface area (Å²) in [5, 5.41) is 17.4. The van der Waals surface area contributed by atoms with Crippen molar-refractivity contribution in [2.24, 2.45) is 5.10 Å². The Kier molecular flexibility index (Phi) is 4.74. The lowest BCUT2D eigenvalue weighted by molar-refractivity contribution is -0.384. The van der Waals surface area contributed by atoms with Crippen molar-refractivity contribution in [3.63, 3.8) is 0 Å². The summed E-state index contributed by atoms with van der Waals surface area (Å²) in [6.45, 7) is 5.52. The summed E-state index contributed by atoms with van der Waals surface area (Å²) in [5.41, 5.74) is 3.13. The van der Waals surface area contributed by atoms with Crippen molar-refractivity contribution in [3.05, 3.63) is 70.3 Å². The molecule has 3 rings (SSSR count). The van der Waals surface area contributed by atoms with Crippen LogP contribution in [0.4, 0.5) is 11.4 Å². The van der Waals surface area contributed by atoms with E-state index in [1.165, 1.54) is 17.8 Å². The van der Waals surface area contributed by atoms with Gasteiger partial charge < -0.3 is 4.90 Å². The molecule has 0 bridgehead atoms. The van der Waals surface area contributed by atoms with Gasteiger partial charge >= 0.3 is 0 Å². The monoisotopic (exact) mass is 324 g/mol. The Balaban J connectivity index is 1.62. The molecule has 6 heteroatoms. The third-order valence-electron chi connectivity index (χ3n) is 4.16. The molecule has 0 saturated carbocycles. The van der Waals surface area contributed by atoms with Gasteiger partial charge in [-0.2, -0.15) is 5.10 Å². The van der Waals surface area contributed by atoms with Crippen molar-refractivity contribution in [1.82, 2.24) is 5.01 Å². The highest BCUT2D eigenvalue weighted by atomic mass is 16.6. The number of benzene rings is 2. The third kappa shape index (κ3) is 3.71. The van der Waals surface area contributed by atoms with Gasteiger partial charge in [0.15, 0.2) is 0 Å². The predicted octanol–water partition coefficient (Wildman–Crippen LogP) is 3.14. The molecule has 0 N–H and O–H groups in total. The number of anilines is 1. The molecule has 0 radical (unpaired) electrons. The lowest BCUT2D eigenvalue weighted by Gasteiger charge is -2.34. The van der Waals surface area contributed by atoms with E-state index in [9.17, 15) is 10.1 Å². The molecule has 124 valence electrons. The van der Waals surface area contributed by atoms with E-state index in [2.05, 4.69) is 39.3 Å². The van der Waals surface area contributed by atoms with Gasteiger partial charge in [0.05, 0.1) is 23.7 Å². The number of non-ortho nitro benzene ring substituents is 1. The molecule has 1 aliphatic heterocycles. The van der Waals surface area contributed by atoms with Gasteiger partial charge in [0.1, 0.15) is 0 Å². The van der Waals surface area contributed by atoms with Crippen LogP contribution in [0, 0.1) is 10.1 Å². The van der Waals surface area contributed by atoms with Gasteiger partial charge in [-0.1, -0.05) is 18.2 Å². The van der Waals surface area contributed by atoms with Crippen LogP contribution in [0.25, 0.3) is 0 Å². The second-order valence-electron chi connectivity index (χ2n) is 5.77. The Bertz CT molecular complexity index is 720. The van der Waals surface area contributed by atoms with Crippen LogP contribution in [-0.2, 0) is 0 Å². The minimum absolute atomic E-state index is 0.100. The maximum Gasteiger partial charge on any atom is 0.269 e. The highest BCUT2D eigenvalue weighted by Crippen LogP contribution is 2.17. The summed E-state index contributed by atoms with van der Waals surface area (Å²) in [7, 11) is 0. The van der Waals surface area contributed by atoms with Crippen molar-refractivity contribution in [3.8, 4) is 0 Å². The molecule has 1 aliphatic rings. The molecule has 6 nitrogen and oxygen atoms in total. The molecule has 0 aliphatic carbocycles. The molecule has 0 amide bonds. The third-order valence-corrected chi connectivity index (χ3v) is 4.16. The molecule has 2 aromatic rings. The fourth-order valence-corrected chi connectivity index (χ4v) is 2.79. The lowest BCUT2D eigenvalue weighted by Crippen LogP contribution is -2.44. The number of hydrogen-bond donors (Lipinski definition) is 0. The number of nitro groups is 1. The number of hydrazone groups is 1. The normalized spacial score (nSPS) is 15.5. The van der Waals surface area contributed by atoms with Gasteiger partial charge in [-0.25, -0.2) is 0 Å². The van der Waals surface area contributed by atoms with E-state index in [0.717, 1.165) is 37.5 Å². The SMILES string of the molecule is C/C(=N\N1CCN(c2ccccc2)CC1)c1ccc([N+](=O)[O-])cc1. The molecule has 1 fully saturated rings. The number of rotatable bonds is 4. The summed E-state index contributed by atoms with van der Waals surface area (Å²) in [6.07, 6.45) is 0. The molecule has 24 heavy (non-hydrogen) atoms. The van der Waals surface area contributed by atoms with Crippen molar-refractivity contribution >= 4 is 17.1 Å². The molecule has 0 aromatic heterocycles. The summed E-state index contributed by atoms with van der Waals surface area (Å²) in [5.74, 6) is 0. The van der Waals surface area contributed by atoms with Crippen molar-refractivity contribution in [2.45, 2.75) is 6.92 Å². The minimum atomic E-state index is -0.390. The highest BCUT2D eigenvalue weighted by Gasteiger charge is 2.16. The Hall–Kier alpha value is -2.89. The van der Waals surface area contributed by atoms with Crippen LogP contribution in [-0.4, -0.2) is 41.8 Å². The quantitative estimate of drug-likeness (QED) is 0.492. The van der Waals surface area contributed by atoms with Crippen LogP contribution in [0.3, 0.4) is 0 Å². The van der Waals surface area contributed by atoms with Crippen LogP contribution >= 0.6 is 0 Å². The van der Waals surface area contributed by atoms with Gasteiger partial charge in [-0.3, -0.25) is 15.1 Å². The Morgan fingerprint density at radius 2 is 1.62 bits per heavy atom. The largest absolute Gasteiger partial charge is 0.368 e. The predicted molar refractivity (Wildman–Crippen MR) is 95.5 cm³/mol. The second-order valence-corrected chi connectivity index (χ2v) is 5.77. The lowest BCUT2D eigenvalue weighted by atomic mass is 10.1. The summed E-state index contributed by atoms with van der Waals surface area (Å²) < 4.78 is 0. The number of piperazine rings is 1. The zero-order valence-electron chi connectivity index (χ0n) is 13.6. The number of para-hydroxylation sites is 1. The summed E-state index contributed by atoms with van der Waals surface area (Å²) in [6, 6.07) is 16.9. The van der Waals surface area contributed by atoms with Gasteiger partial charge in [-0.05, 0) is 36.8 Å². The van der Waals surface area contributed by atoms with E-state index in [0.29, 0.717) is 0 Å². The minimum Gasteiger partial charge on any atom is -0.368 e. The van der Waals surface area contributed by atoms with Crippen molar-refractivity contribution < 1.29 is 4.92 Å².